The van der Waals surface area contributed by atoms with Gasteiger partial charge in [-0.1, -0.05) is 0 Å². The van der Waals surface area contributed by atoms with E-state index in [2.05, 4.69) is 27.7 Å². The molecule has 0 aromatic rings. The predicted octanol–water partition coefficient (Wildman–Crippen LogP) is 5.76. The molecule has 0 aromatic heterocycles. The zero-order valence-corrected chi connectivity index (χ0v) is 15.5. The summed E-state index contributed by atoms with van der Waals surface area (Å²) in [6.45, 7) is 10.3. The van der Waals surface area contributed by atoms with E-state index in [1.807, 2.05) is 0 Å². The van der Waals surface area contributed by atoms with Crippen LogP contribution in [0.15, 0.2) is 0 Å². The van der Waals surface area contributed by atoms with E-state index in [4.69, 9.17) is 3.07 Å². The van der Waals surface area contributed by atoms with E-state index in [9.17, 15) is 0 Å². The van der Waals surface area contributed by atoms with E-state index in [1.54, 1.807) is 0 Å². The Kier molecular flexibility index (Phi) is 12.4. The van der Waals surface area contributed by atoms with Gasteiger partial charge in [-0.2, -0.15) is 0 Å². The van der Waals surface area contributed by atoms with Crippen molar-refractivity contribution in [1.29, 1.82) is 0 Å². The monoisotopic (exact) mass is 350 g/mol. The molecule has 0 fully saturated rings. The standard InChI is InChI=1S/C5H11O.C4H9.2C3H7.Sn/c1-2-3-4-5-6;1-3-4-2;2*1-3-2;/h2-5H2,1H3;1,3-4H2,2H3;2*1,3H2,2H3;/q-1;;;;+1. The van der Waals surface area contributed by atoms with Crippen LogP contribution in [0.3, 0.4) is 0 Å². The van der Waals surface area contributed by atoms with Gasteiger partial charge in [0.15, 0.2) is 0 Å². The summed E-state index contributed by atoms with van der Waals surface area (Å²) >= 11 is -2.17. The number of hydrogen-bond acceptors (Lipinski definition) is 1. The zero-order valence-electron chi connectivity index (χ0n) is 12.7. The van der Waals surface area contributed by atoms with E-state index in [-0.39, 0.29) is 0 Å². The van der Waals surface area contributed by atoms with Crippen LogP contribution in [-0.2, 0) is 3.07 Å². The molecule has 0 rings (SSSR count). The second-order valence-electron chi connectivity index (χ2n) is 5.34. The summed E-state index contributed by atoms with van der Waals surface area (Å²) in [4.78, 5) is 0. The SMILES string of the molecule is CCCCC[O][Sn]([CH2]CC)([CH2]CC)[CH2]CCC. The van der Waals surface area contributed by atoms with Gasteiger partial charge in [-0.15, -0.1) is 0 Å². The molecule has 0 saturated heterocycles. The number of hydrogen-bond donors (Lipinski definition) is 0. The molecular weight excluding hydrogens is 315 g/mol. The summed E-state index contributed by atoms with van der Waals surface area (Å²) in [5, 5.41) is 0. The first-order chi connectivity index (χ1) is 8.24. The van der Waals surface area contributed by atoms with Crippen molar-refractivity contribution in [3.8, 4) is 0 Å². The first kappa shape index (κ1) is 17.8. The Bertz CT molecular complexity index is 153. The van der Waals surface area contributed by atoms with E-state index in [1.165, 1.54) is 58.3 Å². The van der Waals surface area contributed by atoms with E-state index < -0.39 is 18.8 Å². The molecule has 1 nitrogen and oxygen atoms in total. The third kappa shape index (κ3) is 8.47. The molecule has 0 N–H and O–H groups in total. The molecule has 0 heterocycles. The Labute approximate surface area is 114 Å². The van der Waals surface area contributed by atoms with Gasteiger partial charge in [0.2, 0.25) is 0 Å². The van der Waals surface area contributed by atoms with Crippen LogP contribution in [0.1, 0.15) is 72.6 Å². The van der Waals surface area contributed by atoms with Crippen molar-refractivity contribution in [3.05, 3.63) is 0 Å². The maximum absolute atomic E-state index is 6.52. The maximum atomic E-state index is 6.52. The van der Waals surface area contributed by atoms with Gasteiger partial charge < -0.3 is 0 Å². The third-order valence-corrected chi connectivity index (χ3v) is 17.5. The molecule has 0 bridgehead atoms. The minimum atomic E-state index is -2.17. The Balaban J connectivity index is 4.20. The molecular formula is C15H34OSn. The molecule has 0 amide bonds. The summed E-state index contributed by atoms with van der Waals surface area (Å²) in [5.74, 6) is 0. The van der Waals surface area contributed by atoms with Crippen LogP contribution in [0.5, 0.6) is 0 Å². The Morgan fingerprint density at radius 1 is 0.647 bits per heavy atom. The molecule has 0 aromatic carbocycles. The molecule has 0 aliphatic rings. The van der Waals surface area contributed by atoms with E-state index in [0.717, 1.165) is 6.61 Å². The van der Waals surface area contributed by atoms with Crippen LogP contribution < -0.4 is 0 Å². The molecule has 0 radical (unpaired) electrons. The van der Waals surface area contributed by atoms with Gasteiger partial charge in [0, 0.05) is 0 Å². The molecule has 0 atom stereocenters. The van der Waals surface area contributed by atoms with Crippen LogP contribution in [0.25, 0.3) is 0 Å². The molecule has 17 heavy (non-hydrogen) atoms. The fourth-order valence-corrected chi connectivity index (χ4v) is 15.7. The van der Waals surface area contributed by atoms with Crippen molar-refractivity contribution >= 4 is 18.8 Å². The van der Waals surface area contributed by atoms with Gasteiger partial charge in [0.25, 0.3) is 0 Å². The molecule has 2 heteroatoms. The van der Waals surface area contributed by atoms with Gasteiger partial charge in [-0.05, 0) is 0 Å². The number of rotatable bonds is 12. The second kappa shape index (κ2) is 11.8. The summed E-state index contributed by atoms with van der Waals surface area (Å²) < 4.78 is 10.9. The van der Waals surface area contributed by atoms with Gasteiger partial charge >= 0.3 is 114 Å². The molecule has 104 valence electrons. The van der Waals surface area contributed by atoms with Crippen LogP contribution in [0.2, 0.25) is 13.3 Å². The van der Waals surface area contributed by atoms with E-state index >= 15 is 0 Å². The van der Waals surface area contributed by atoms with Crippen molar-refractivity contribution in [3.63, 3.8) is 0 Å². The normalized spacial score (nSPS) is 12.0. The summed E-state index contributed by atoms with van der Waals surface area (Å²) in [6, 6.07) is 0. The van der Waals surface area contributed by atoms with Crippen molar-refractivity contribution < 1.29 is 3.07 Å². The minimum absolute atomic E-state index is 1.06. The summed E-state index contributed by atoms with van der Waals surface area (Å²) in [5.41, 5.74) is 0. The van der Waals surface area contributed by atoms with Crippen LogP contribution in [0, 0.1) is 0 Å². The molecule has 0 saturated carbocycles. The zero-order chi connectivity index (χ0) is 13.0. The quantitative estimate of drug-likeness (QED) is 0.322. The first-order valence-corrected chi connectivity index (χ1v) is 15.1. The fourth-order valence-electron chi connectivity index (χ4n) is 2.64. The number of unbranched alkanes of at least 4 members (excludes halogenated alkanes) is 3. The molecule has 0 unspecified atom stereocenters. The third-order valence-electron chi connectivity index (χ3n) is 3.55. The van der Waals surface area contributed by atoms with Gasteiger partial charge in [-0.25, -0.2) is 0 Å². The van der Waals surface area contributed by atoms with Gasteiger partial charge in [0.05, 0.1) is 0 Å². The summed E-state index contributed by atoms with van der Waals surface area (Å²) in [7, 11) is 0. The Morgan fingerprint density at radius 3 is 1.71 bits per heavy atom. The van der Waals surface area contributed by atoms with E-state index in [0.29, 0.717) is 0 Å². The molecule has 0 aliphatic heterocycles. The van der Waals surface area contributed by atoms with Gasteiger partial charge in [-0.3, -0.25) is 0 Å². The van der Waals surface area contributed by atoms with Crippen molar-refractivity contribution in [2.24, 2.45) is 0 Å². The fraction of sp³-hybridized carbons (Fsp3) is 1.00. The first-order valence-electron chi connectivity index (χ1n) is 7.88. The van der Waals surface area contributed by atoms with Crippen LogP contribution in [0.4, 0.5) is 0 Å². The topological polar surface area (TPSA) is 9.23 Å². The summed E-state index contributed by atoms with van der Waals surface area (Å²) in [6.07, 6.45) is 9.36. The Hall–Kier alpha value is 0.759. The average Bonchev–Trinajstić information content (AvgIpc) is 2.33. The van der Waals surface area contributed by atoms with Crippen molar-refractivity contribution in [2.45, 2.75) is 86.0 Å². The van der Waals surface area contributed by atoms with Crippen LogP contribution >= 0.6 is 0 Å². The Morgan fingerprint density at radius 2 is 1.24 bits per heavy atom. The van der Waals surface area contributed by atoms with Crippen molar-refractivity contribution in [1.82, 2.24) is 0 Å². The van der Waals surface area contributed by atoms with Gasteiger partial charge in [0.1, 0.15) is 0 Å². The average molecular weight is 349 g/mol. The molecule has 0 spiro atoms. The van der Waals surface area contributed by atoms with Crippen LogP contribution in [-0.4, -0.2) is 25.4 Å². The molecule has 0 aliphatic carbocycles. The second-order valence-corrected chi connectivity index (χ2v) is 17.2. The van der Waals surface area contributed by atoms with Crippen molar-refractivity contribution in [2.75, 3.05) is 6.61 Å². The predicted molar refractivity (Wildman–Crippen MR) is 81.1 cm³/mol.